The maximum absolute atomic E-state index is 3.33. The molecule has 0 saturated heterocycles. The van der Waals surface area contributed by atoms with Crippen molar-refractivity contribution in [3.8, 4) is 0 Å². The van der Waals surface area contributed by atoms with E-state index in [0.717, 1.165) is 101 Å². The summed E-state index contributed by atoms with van der Waals surface area (Å²) in [5.74, 6) is 0. The third-order valence-electron chi connectivity index (χ3n) is 18.3. The molecular weight excluding hydrogens is 1570 g/mol. The van der Waals surface area contributed by atoms with Crippen LogP contribution >= 0.6 is 39.0 Å². The van der Waals surface area contributed by atoms with Gasteiger partial charge in [-0.3, -0.25) is 0 Å². The van der Waals surface area contributed by atoms with Crippen LogP contribution in [0.15, 0.2) is 293 Å². The van der Waals surface area contributed by atoms with Crippen molar-refractivity contribution >= 4 is 84.5 Å². The van der Waals surface area contributed by atoms with Crippen molar-refractivity contribution < 1.29 is 10.8 Å². The van der Waals surface area contributed by atoms with E-state index >= 15 is 0 Å². The third-order valence-corrected chi connectivity index (χ3v) is 18.3. The van der Waals surface area contributed by atoms with Crippen LogP contribution in [0, 0.1) is 53.3 Å². The molecule has 0 bridgehead atoms. The SMILES string of the molecule is CN1[C]N(c2ccc(C(c3ccc(N4[C]N(C)C=C4)cc3)(c3ccc(N4[C]N(C)C=C4)cc3)c3ccc(N4[C]N(C)C=C4)cc3)cc2)C=C1.CN1[C]N(c2ccc(C(c3ccc(N4[C]N(C)C=C4)cc3)(c3ccc(N4[C]N(C)C=C4)cc3)c3ccc(N4[C]N(C)C=C4)cc3)cc2)C=C1.[I][Pd][I]. The second-order valence-corrected chi connectivity index (χ2v) is 36.9. The Kier molecular flexibility index (Phi) is 20.4. The second kappa shape index (κ2) is 30.0. The molecule has 8 heterocycles. The summed E-state index contributed by atoms with van der Waals surface area (Å²) in [5, 5.41) is 0. The normalized spacial score (nSPS) is 16.9. The van der Waals surface area contributed by atoms with Crippen LogP contribution in [0.1, 0.15) is 44.5 Å². The van der Waals surface area contributed by atoms with E-state index in [1.54, 1.807) is 0 Å². The van der Waals surface area contributed by atoms with Crippen LogP contribution in [-0.2, 0) is 21.6 Å². The molecule has 8 aliphatic rings. The summed E-state index contributed by atoms with van der Waals surface area (Å²) in [6, 6.07) is 70.8. The molecule has 19 heteroatoms. The summed E-state index contributed by atoms with van der Waals surface area (Å²) in [4.78, 5) is 31.5. The molecule has 0 spiro atoms. The van der Waals surface area contributed by atoms with E-state index in [4.69, 9.17) is 0 Å². The Morgan fingerprint density at radius 2 is 0.287 bits per heavy atom. The predicted molar refractivity (Wildman–Crippen MR) is 419 cm³/mol. The minimum absolute atomic E-state index is 0.652. The van der Waals surface area contributed by atoms with Gasteiger partial charge in [0.15, 0.2) is 0 Å². The molecule has 16 nitrogen and oxygen atoms in total. The van der Waals surface area contributed by atoms with Crippen LogP contribution in [0.25, 0.3) is 0 Å². The molecule has 0 amide bonds. The van der Waals surface area contributed by atoms with Gasteiger partial charge in [0, 0.05) is 201 Å². The summed E-state index contributed by atoms with van der Waals surface area (Å²) in [6.45, 7) is 26.6. The van der Waals surface area contributed by atoms with Gasteiger partial charge >= 0.3 is 49.8 Å². The van der Waals surface area contributed by atoms with Gasteiger partial charge in [-0.05, 0) is 142 Å². The first-order valence-electron chi connectivity index (χ1n) is 32.6. The Morgan fingerprint density at radius 1 is 0.188 bits per heavy atom. The summed E-state index contributed by atoms with van der Waals surface area (Å²) < 4.78 is 0. The Hall–Kier alpha value is -9.40. The van der Waals surface area contributed by atoms with Crippen molar-refractivity contribution in [2.24, 2.45) is 0 Å². The Labute approximate surface area is 626 Å². The van der Waals surface area contributed by atoms with Gasteiger partial charge in [-0.25, -0.2) is 0 Å². The van der Waals surface area contributed by atoms with Crippen LogP contribution in [0.5, 0.6) is 0 Å². The fourth-order valence-electron chi connectivity index (χ4n) is 13.4. The van der Waals surface area contributed by atoms with E-state index in [2.05, 4.69) is 287 Å². The first kappa shape index (κ1) is 68.7. The number of nitrogens with zero attached hydrogens (tertiary/aromatic N) is 16. The molecule has 8 aliphatic heterocycles. The third kappa shape index (κ3) is 14.4. The van der Waals surface area contributed by atoms with Gasteiger partial charge in [0.2, 0.25) is 53.3 Å². The standard InChI is InChI=1S/2C41H36N8.2HI.Pd/c2*1-42-21-25-46(29-42)37-13-5-33(6-14-37)41(34-7-15-38(16-8-34)47-26-22-43(2)30-47,35-9-17-39(18-10-35)48-27-23-44(3)31-48)36-11-19-40(20-12-36)49-28-24-45(4)32-49;;;/h2*5-28H,1-4H3;2*1H;/q;;;;+2/p-2. The second-order valence-electron chi connectivity index (χ2n) is 25.0. The van der Waals surface area contributed by atoms with Crippen LogP contribution in [0.4, 0.5) is 45.5 Å². The fraction of sp³-hybridized carbons (Fsp3) is 0.122. The number of hydrogen-bond acceptors (Lipinski definition) is 16. The zero-order valence-electron chi connectivity index (χ0n) is 56.9. The van der Waals surface area contributed by atoms with E-state index < -0.39 is 10.8 Å². The van der Waals surface area contributed by atoms with Crippen molar-refractivity contribution in [3.63, 3.8) is 0 Å². The molecule has 0 N–H and O–H groups in total. The van der Waals surface area contributed by atoms with Crippen LogP contribution < -0.4 is 39.2 Å². The average molecular weight is 1640 g/mol. The molecule has 0 aromatic heterocycles. The van der Waals surface area contributed by atoms with Gasteiger partial charge in [0.1, 0.15) is 0 Å². The summed E-state index contributed by atoms with van der Waals surface area (Å²) in [5.41, 5.74) is 16.3. The molecule has 0 atom stereocenters. The molecule has 16 rings (SSSR count). The summed E-state index contributed by atoms with van der Waals surface area (Å²) in [6.07, 6.45) is 32.1. The van der Waals surface area contributed by atoms with Gasteiger partial charge in [0.05, 0.1) is 10.8 Å². The Bertz CT molecular complexity index is 3540. The molecule has 16 radical (unpaired) electrons. The first-order chi connectivity index (χ1) is 49.1. The van der Waals surface area contributed by atoms with Gasteiger partial charge in [-0.15, -0.1) is 0 Å². The fourth-order valence-corrected chi connectivity index (χ4v) is 13.4. The monoisotopic (exact) mass is 1640 g/mol. The van der Waals surface area contributed by atoms with Gasteiger partial charge in [-0.1, -0.05) is 97.1 Å². The number of benzene rings is 8. The molecule has 0 unspecified atom stereocenters. The van der Waals surface area contributed by atoms with Crippen molar-refractivity contribution in [3.05, 3.63) is 391 Å². The van der Waals surface area contributed by atoms with E-state index in [0.29, 0.717) is 0 Å². The van der Waals surface area contributed by atoms with Crippen LogP contribution in [0.3, 0.4) is 0 Å². The number of halogens is 2. The average Bonchev–Trinajstić information content (AvgIpc) is 1.69. The van der Waals surface area contributed by atoms with E-state index in [-0.39, 0.29) is 0 Å². The van der Waals surface area contributed by atoms with Crippen molar-refractivity contribution in [1.29, 1.82) is 0 Å². The molecule has 504 valence electrons. The number of hydrogen-bond donors (Lipinski definition) is 0. The van der Waals surface area contributed by atoms with E-state index in [1.165, 1.54) is 0 Å². The van der Waals surface area contributed by atoms with E-state index in [9.17, 15) is 0 Å². The Balaban J connectivity index is 0.000000165. The number of anilines is 8. The van der Waals surface area contributed by atoms with Gasteiger partial charge in [0.25, 0.3) is 0 Å². The van der Waals surface area contributed by atoms with Gasteiger partial charge < -0.3 is 78.4 Å². The molecule has 101 heavy (non-hydrogen) atoms. The van der Waals surface area contributed by atoms with Crippen LogP contribution in [-0.4, -0.2) is 95.6 Å². The zero-order valence-corrected chi connectivity index (χ0v) is 62.8. The molecule has 8 aromatic rings. The minimum atomic E-state index is -0.652. The summed E-state index contributed by atoms with van der Waals surface area (Å²) >= 11 is 4.65. The van der Waals surface area contributed by atoms with Crippen molar-refractivity contribution in [2.75, 3.05) is 95.6 Å². The topological polar surface area (TPSA) is 51.8 Å². The number of rotatable bonds is 16. The predicted octanol–water partition coefficient (Wildman–Crippen LogP) is 15.7. The summed E-state index contributed by atoms with van der Waals surface area (Å²) in [7, 11) is 16.7. The van der Waals surface area contributed by atoms with E-state index in [1.807, 2.05) is 234 Å². The van der Waals surface area contributed by atoms with Crippen molar-refractivity contribution in [2.45, 2.75) is 10.8 Å². The zero-order chi connectivity index (χ0) is 69.8. The molecule has 8 aromatic carbocycles. The molecule has 0 aliphatic carbocycles. The maximum atomic E-state index is 3.33. The molecule has 0 saturated carbocycles. The molecule has 0 fully saturated rings. The van der Waals surface area contributed by atoms with Gasteiger partial charge in [-0.2, -0.15) is 0 Å². The van der Waals surface area contributed by atoms with Crippen molar-refractivity contribution in [1.82, 2.24) is 39.2 Å². The quantitative estimate of drug-likeness (QED) is 0.0524. The first-order valence-corrected chi connectivity index (χ1v) is 41.8. The van der Waals surface area contributed by atoms with Crippen LogP contribution in [0.2, 0.25) is 0 Å². The molecular formula is C82H72I2N16Pd. The Morgan fingerprint density at radius 3 is 0.366 bits per heavy atom.